The average Bonchev–Trinajstić information content (AvgIpc) is 3.56. The average molecular weight is 526 g/mol. The van der Waals surface area contributed by atoms with Crippen molar-refractivity contribution in [1.82, 2.24) is 19.8 Å². The molecule has 1 fully saturated rings. The van der Waals surface area contributed by atoms with Crippen LogP contribution in [-0.2, 0) is 9.53 Å². The van der Waals surface area contributed by atoms with Gasteiger partial charge in [0, 0.05) is 42.4 Å². The Bertz CT molecular complexity index is 1440. The van der Waals surface area contributed by atoms with Crippen LogP contribution in [0.2, 0.25) is 0 Å². The number of pyridine rings is 1. The molecule has 2 aromatic carbocycles. The summed E-state index contributed by atoms with van der Waals surface area (Å²) in [5, 5.41) is 6.92. The van der Waals surface area contributed by atoms with Crippen molar-refractivity contribution in [3.05, 3.63) is 114 Å². The smallest absolute Gasteiger partial charge is 0.337 e. The van der Waals surface area contributed by atoms with E-state index in [2.05, 4.69) is 15.6 Å². The number of nitrogens with zero attached hydrogens (tertiary/aromatic N) is 3. The van der Waals surface area contributed by atoms with E-state index in [0.717, 1.165) is 22.8 Å². The zero-order chi connectivity index (χ0) is 26.5. The van der Waals surface area contributed by atoms with Gasteiger partial charge in [-0.05, 0) is 66.8 Å². The van der Waals surface area contributed by atoms with Crippen LogP contribution in [-0.4, -0.2) is 45.1 Å². The fourth-order valence-electron chi connectivity index (χ4n) is 4.71. The molecule has 2 aromatic heterocycles. The molecule has 0 radical (unpaired) electrons. The maximum Gasteiger partial charge on any atom is 0.337 e. The highest BCUT2D eigenvalue weighted by Crippen LogP contribution is 2.39. The van der Waals surface area contributed by atoms with Crippen LogP contribution in [0.5, 0.6) is 0 Å². The third-order valence-corrected chi connectivity index (χ3v) is 6.82. The molecule has 1 aliphatic heterocycles. The second-order valence-electron chi connectivity index (χ2n) is 8.83. The molecule has 0 aliphatic carbocycles. The van der Waals surface area contributed by atoms with E-state index in [1.54, 1.807) is 18.3 Å². The van der Waals surface area contributed by atoms with Crippen LogP contribution in [0.15, 0.2) is 97.3 Å². The Morgan fingerprint density at radius 3 is 2.61 bits per heavy atom. The lowest BCUT2D eigenvalue weighted by Gasteiger charge is -2.29. The van der Waals surface area contributed by atoms with E-state index in [4.69, 9.17) is 17.0 Å². The molecule has 3 heterocycles. The van der Waals surface area contributed by atoms with Crippen LogP contribution in [0.4, 0.5) is 5.69 Å². The third kappa shape index (κ3) is 5.28. The number of carbonyl (C=O) groups is 2. The van der Waals surface area contributed by atoms with Gasteiger partial charge < -0.3 is 24.8 Å². The van der Waals surface area contributed by atoms with Gasteiger partial charge in [0.15, 0.2) is 5.11 Å². The van der Waals surface area contributed by atoms with Gasteiger partial charge in [-0.25, -0.2) is 4.79 Å². The highest BCUT2D eigenvalue weighted by atomic mass is 32.1. The molecule has 0 bridgehead atoms. The van der Waals surface area contributed by atoms with Crippen molar-refractivity contribution < 1.29 is 14.3 Å². The summed E-state index contributed by atoms with van der Waals surface area (Å²) < 4.78 is 6.94. The van der Waals surface area contributed by atoms with Crippen LogP contribution < -0.4 is 10.6 Å². The molecule has 2 atom stereocenters. The van der Waals surface area contributed by atoms with Crippen molar-refractivity contribution in [2.45, 2.75) is 18.5 Å². The summed E-state index contributed by atoms with van der Waals surface area (Å²) in [4.78, 5) is 31.6. The third-order valence-electron chi connectivity index (χ3n) is 6.46. The van der Waals surface area contributed by atoms with Gasteiger partial charge in [-0.3, -0.25) is 9.78 Å². The minimum Gasteiger partial charge on any atom is -0.465 e. The number of methoxy groups -OCH3 is 1. The summed E-state index contributed by atoms with van der Waals surface area (Å²) in [5.41, 5.74) is 3.81. The SMILES string of the molecule is COC(=O)c1cccc(-n2cccc2[C@@H]2[C@H](c3ccccn3)NC(=S)N2CCC(=O)Nc2ccccc2)c1. The number of carbonyl (C=O) groups excluding carboxylic acids is 2. The summed E-state index contributed by atoms with van der Waals surface area (Å²) in [6.45, 7) is 0.409. The molecule has 0 saturated carbocycles. The molecule has 0 spiro atoms. The molecule has 1 aliphatic rings. The molecule has 192 valence electrons. The Hall–Kier alpha value is -4.50. The largest absolute Gasteiger partial charge is 0.465 e. The van der Waals surface area contributed by atoms with Gasteiger partial charge in [0.1, 0.15) is 0 Å². The van der Waals surface area contributed by atoms with Crippen LogP contribution in [0.1, 0.15) is 40.3 Å². The maximum absolute atomic E-state index is 12.8. The number of esters is 1. The van der Waals surface area contributed by atoms with E-state index in [0.29, 0.717) is 17.2 Å². The number of ether oxygens (including phenoxy) is 1. The number of nitrogens with one attached hydrogen (secondary N) is 2. The highest BCUT2D eigenvalue weighted by molar-refractivity contribution is 7.80. The Labute approximate surface area is 226 Å². The number of para-hydroxylation sites is 1. The van der Waals surface area contributed by atoms with E-state index < -0.39 is 5.97 Å². The summed E-state index contributed by atoms with van der Waals surface area (Å²) in [5.74, 6) is -0.498. The van der Waals surface area contributed by atoms with E-state index in [1.807, 2.05) is 88.5 Å². The number of amides is 1. The monoisotopic (exact) mass is 525 g/mol. The minimum atomic E-state index is -0.401. The molecule has 5 rings (SSSR count). The molecular formula is C29H27N5O3S. The highest BCUT2D eigenvalue weighted by Gasteiger charge is 2.41. The first-order chi connectivity index (χ1) is 18.5. The van der Waals surface area contributed by atoms with Crippen LogP contribution in [0.25, 0.3) is 5.69 Å². The van der Waals surface area contributed by atoms with Crippen molar-refractivity contribution >= 4 is 34.9 Å². The first-order valence-electron chi connectivity index (χ1n) is 12.2. The molecule has 38 heavy (non-hydrogen) atoms. The maximum atomic E-state index is 12.8. The fourth-order valence-corrected chi connectivity index (χ4v) is 5.04. The van der Waals surface area contributed by atoms with Crippen molar-refractivity contribution in [1.29, 1.82) is 0 Å². The molecule has 2 N–H and O–H groups in total. The van der Waals surface area contributed by atoms with Crippen molar-refractivity contribution in [3.63, 3.8) is 0 Å². The Morgan fingerprint density at radius 1 is 1.03 bits per heavy atom. The lowest BCUT2D eigenvalue weighted by Crippen LogP contribution is -2.33. The molecule has 8 nitrogen and oxygen atoms in total. The zero-order valence-corrected chi connectivity index (χ0v) is 21.6. The first kappa shape index (κ1) is 25.2. The fraction of sp³-hybridized carbons (Fsp3) is 0.172. The van der Waals surface area contributed by atoms with E-state index >= 15 is 0 Å². The van der Waals surface area contributed by atoms with Gasteiger partial charge in [-0.15, -0.1) is 0 Å². The minimum absolute atomic E-state index is 0.0970. The van der Waals surface area contributed by atoms with E-state index in [9.17, 15) is 9.59 Å². The van der Waals surface area contributed by atoms with Crippen LogP contribution >= 0.6 is 12.2 Å². The van der Waals surface area contributed by atoms with Gasteiger partial charge in [-0.2, -0.15) is 0 Å². The molecule has 1 amide bonds. The normalized spacial score (nSPS) is 16.7. The van der Waals surface area contributed by atoms with Crippen molar-refractivity contribution in [3.8, 4) is 5.69 Å². The lowest BCUT2D eigenvalue weighted by molar-refractivity contribution is -0.116. The van der Waals surface area contributed by atoms with Crippen LogP contribution in [0.3, 0.4) is 0 Å². The van der Waals surface area contributed by atoms with Crippen molar-refractivity contribution in [2.75, 3.05) is 19.0 Å². The number of benzene rings is 2. The Balaban J connectivity index is 1.47. The Kier molecular flexibility index (Phi) is 7.46. The van der Waals surface area contributed by atoms with Gasteiger partial charge >= 0.3 is 5.97 Å². The number of anilines is 1. The van der Waals surface area contributed by atoms with Crippen LogP contribution in [0, 0.1) is 0 Å². The molecule has 9 heteroatoms. The number of aromatic nitrogens is 2. The molecular weight excluding hydrogens is 498 g/mol. The topological polar surface area (TPSA) is 88.5 Å². The van der Waals surface area contributed by atoms with Gasteiger partial charge in [0.2, 0.25) is 5.91 Å². The summed E-state index contributed by atoms with van der Waals surface area (Å²) in [6, 6.07) is 25.9. The number of rotatable bonds is 8. The van der Waals surface area contributed by atoms with E-state index in [1.165, 1.54) is 7.11 Å². The predicted octanol–water partition coefficient (Wildman–Crippen LogP) is 4.66. The Morgan fingerprint density at radius 2 is 1.84 bits per heavy atom. The standard InChI is InChI=1S/C29H27N5O3S/c1-37-28(36)20-9-7-12-22(19-20)33-17-8-14-24(33)27-26(23-13-5-6-16-30-23)32-29(38)34(27)18-15-25(35)31-21-10-3-2-4-11-21/h2-14,16-17,19,26-27H,15,18H2,1H3,(H,31,35)(H,32,38)/t26-,27+/m0/s1. The predicted molar refractivity (Wildman–Crippen MR) is 149 cm³/mol. The number of hydrogen-bond donors (Lipinski definition) is 2. The van der Waals surface area contributed by atoms with Gasteiger partial charge in [-0.1, -0.05) is 30.3 Å². The zero-order valence-electron chi connectivity index (χ0n) is 20.8. The molecule has 4 aromatic rings. The molecule has 1 saturated heterocycles. The second-order valence-corrected chi connectivity index (χ2v) is 9.22. The quantitative estimate of drug-likeness (QED) is 0.256. The first-order valence-corrected chi connectivity index (χ1v) is 12.6. The molecule has 0 unspecified atom stereocenters. The van der Waals surface area contributed by atoms with Gasteiger partial charge in [0.25, 0.3) is 0 Å². The number of hydrogen-bond acceptors (Lipinski definition) is 5. The number of thiocarbonyl (C=S) groups is 1. The second kappa shape index (κ2) is 11.3. The summed E-state index contributed by atoms with van der Waals surface area (Å²) in [7, 11) is 1.37. The summed E-state index contributed by atoms with van der Waals surface area (Å²) in [6.07, 6.45) is 3.95. The lowest BCUT2D eigenvalue weighted by atomic mass is 10.0. The summed E-state index contributed by atoms with van der Waals surface area (Å²) >= 11 is 5.77. The van der Waals surface area contributed by atoms with E-state index in [-0.39, 0.29) is 24.4 Å². The van der Waals surface area contributed by atoms with Gasteiger partial charge in [0.05, 0.1) is 30.5 Å². The van der Waals surface area contributed by atoms with Crippen molar-refractivity contribution in [2.24, 2.45) is 0 Å².